The van der Waals surface area contributed by atoms with Crippen molar-refractivity contribution in [2.45, 2.75) is 19.3 Å². The molecule has 0 spiro atoms. The quantitative estimate of drug-likeness (QED) is 0.903. The van der Waals surface area contributed by atoms with E-state index in [9.17, 15) is 9.90 Å². The Kier molecular flexibility index (Phi) is 2.67. The fraction of sp³-hybridized carbons (Fsp3) is 0.312. The van der Waals surface area contributed by atoms with Crippen molar-refractivity contribution < 1.29 is 14.6 Å². The molecule has 0 unspecified atom stereocenters. The number of hydrogen-bond acceptors (Lipinski definition) is 4. The zero-order valence-corrected chi connectivity index (χ0v) is 11.6. The number of ether oxygens (including phenoxy) is 1. The van der Waals surface area contributed by atoms with Crippen molar-refractivity contribution in [3.05, 3.63) is 47.6 Å². The maximum atomic E-state index is 11.3. The Labute approximate surface area is 122 Å². The lowest BCUT2D eigenvalue weighted by Crippen LogP contribution is -2.31. The molecule has 0 radical (unpaired) electrons. The highest BCUT2D eigenvalue weighted by atomic mass is 16.5. The number of rotatable bonds is 2. The number of nitrogens with zero attached hydrogens (tertiary/aromatic N) is 2. The molecule has 21 heavy (non-hydrogen) atoms. The minimum Gasteiger partial charge on any atom is -0.478 e. The van der Waals surface area contributed by atoms with E-state index in [0.29, 0.717) is 12.0 Å². The summed E-state index contributed by atoms with van der Waals surface area (Å²) in [6.45, 7) is 1.98. The van der Waals surface area contributed by atoms with E-state index in [1.807, 2.05) is 29.3 Å². The SMILES string of the molecule is O=C(O)C1=CN2C=C(N3CCCC3)Oc3cccc(c32)C1. The van der Waals surface area contributed by atoms with Crippen LogP contribution in [-0.2, 0) is 11.2 Å². The number of hydrogen-bond donors (Lipinski definition) is 1. The van der Waals surface area contributed by atoms with Gasteiger partial charge < -0.3 is 19.6 Å². The van der Waals surface area contributed by atoms with E-state index in [-0.39, 0.29) is 0 Å². The van der Waals surface area contributed by atoms with Crippen LogP contribution in [0.25, 0.3) is 0 Å². The third-order valence-electron chi connectivity index (χ3n) is 4.17. The van der Waals surface area contributed by atoms with Crippen molar-refractivity contribution in [1.82, 2.24) is 4.90 Å². The normalized spacial score (nSPS) is 19.6. The molecule has 1 aromatic rings. The van der Waals surface area contributed by atoms with Crippen molar-refractivity contribution in [3.8, 4) is 5.75 Å². The number of aliphatic carboxylic acids is 1. The van der Waals surface area contributed by atoms with Gasteiger partial charge in [0.05, 0.1) is 17.5 Å². The van der Waals surface area contributed by atoms with Crippen LogP contribution < -0.4 is 9.64 Å². The van der Waals surface area contributed by atoms with Gasteiger partial charge in [-0.05, 0) is 24.5 Å². The van der Waals surface area contributed by atoms with Crippen molar-refractivity contribution >= 4 is 11.7 Å². The Bertz CT molecular complexity index is 672. The van der Waals surface area contributed by atoms with Crippen molar-refractivity contribution in [3.63, 3.8) is 0 Å². The number of para-hydroxylation sites is 1. The van der Waals surface area contributed by atoms with E-state index < -0.39 is 5.97 Å². The molecule has 3 aliphatic heterocycles. The molecule has 0 atom stereocenters. The highest BCUT2D eigenvalue weighted by molar-refractivity contribution is 5.90. The Morgan fingerprint density at radius 1 is 1.19 bits per heavy atom. The molecule has 5 nitrogen and oxygen atoms in total. The molecule has 1 fully saturated rings. The molecule has 4 rings (SSSR count). The standard InChI is InChI=1S/C16H16N2O3/c19-16(20)12-8-11-4-3-5-13-15(11)18(9-12)10-14(21-13)17-6-1-2-7-17/h3-5,9-10H,1-2,6-8H2,(H,19,20). The van der Waals surface area contributed by atoms with Crippen LogP contribution in [0.4, 0.5) is 5.69 Å². The predicted octanol–water partition coefficient (Wildman–Crippen LogP) is 2.30. The fourth-order valence-corrected chi connectivity index (χ4v) is 3.14. The molecule has 0 saturated carbocycles. The maximum absolute atomic E-state index is 11.3. The summed E-state index contributed by atoms with van der Waals surface area (Å²) in [7, 11) is 0. The second kappa shape index (κ2) is 4.55. The molecule has 3 aliphatic rings. The predicted molar refractivity (Wildman–Crippen MR) is 77.9 cm³/mol. The van der Waals surface area contributed by atoms with Crippen LogP contribution >= 0.6 is 0 Å². The molecule has 1 N–H and O–H groups in total. The van der Waals surface area contributed by atoms with Crippen LogP contribution in [0, 0.1) is 0 Å². The maximum Gasteiger partial charge on any atom is 0.333 e. The van der Waals surface area contributed by atoms with Crippen molar-refractivity contribution in [2.24, 2.45) is 0 Å². The molecular formula is C16H16N2O3. The number of carboxylic acid groups (broad SMARTS) is 1. The fourth-order valence-electron chi connectivity index (χ4n) is 3.14. The van der Waals surface area contributed by atoms with Crippen molar-refractivity contribution in [1.29, 1.82) is 0 Å². The summed E-state index contributed by atoms with van der Waals surface area (Å²) in [6, 6.07) is 5.82. The molecule has 1 saturated heterocycles. The van der Waals surface area contributed by atoms with Gasteiger partial charge in [0, 0.05) is 25.7 Å². The van der Waals surface area contributed by atoms with Gasteiger partial charge in [-0.3, -0.25) is 0 Å². The summed E-state index contributed by atoms with van der Waals surface area (Å²) < 4.78 is 6.03. The summed E-state index contributed by atoms with van der Waals surface area (Å²) in [4.78, 5) is 15.4. The van der Waals surface area contributed by atoms with Gasteiger partial charge in [0.25, 0.3) is 0 Å². The summed E-state index contributed by atoms with van der Waals surface area (Å²) in [5.41, 5.74) is 2.35. The first-order chi connectivity index (χ1) is 10.2. The molecular weight excluding hydrogens is 268 g/mol. The second-order valence-electron chi connectivity index (χ2n) is 5.57. The van der Waals surface area contributed by atoms with Gasteiger partial charge in [-0.2, -0.15) is 0 Å². The topological polar surface area (TPSA) is 53.0 Å². The van der Waals surface area contributed by atoms with E-state index in [1.54, 1.807) is 6.20 Å². The minimum absolute atomic E-state index is 0.401. The molecule has 0 bridgehead atoms. The third kappa shape index (κ3) is 1.96. The van der Waals surface area contributed by atoms with Crippen LogP contribution in [0.2, 0.25) is 0 Å². The summed E-state index contributed by atoms with van der Waals surface area (Å²) in [6.07, 6.45) is 6.38. The molecule has 0 aromatic heterocycles. The van der Waals surface area contributed by atoms with Gasteiger partial charge in [-0.25, -0.2) is 4.79 Å². The summed E-state index contributed by atoms with van der Waals surface area (Å²) in [5, 5.41) is 9.28. The molecule has 1 aromatic carbocycles. The molecule has 108 valence electrons. The average Bonchev–Trinajstić information content (AvgIpc) is 3.01. The Morgan fingerprint density at radius 2 is 2.00 bits per heavy atom. The number of likely N-dealkylation sites (tertiary alicyclic amines) is 1. The van der Waals surface area contributed by atoms with E-state index in [4.69, 9.17) is 4.74 Å². The van der Waals surface area contributed by atoms with Crippen LogP contribution in [0.15, 0.2) is 42.1 Å². The van der Waals surface area contributed by atoms with E-state index >= 15 is 0 Å². The zero-order chi connectivity index (χ0) is 14.4. The Morgan fingerprint density at radius 3 is 2.76 bits per heavy atom. The second-order valence-corrected chi connectivity index (χ2v) is 5.57. The smallest absolute Gasteiger partial charge is 0.333 e. The van der Waals surface area contributed by atoms with Gasteiger partial charge in [0.15, 0.2) is 5.75 Å². The summed E-state index contributed by atoms with van der Waals surface area (Å²) >= 11 is 0. The van der Waals surface area contributed by atoms with Gasteiger partial charge in [-0.1, -0.05) is 12.1 Å². The van der Waals surface area contributed by atoms with E-state index in [1.165, 1.54) is 12.8 Å². The number of benzene rings is 1. The van der Waals surface area contributed by atoms with E-state index in [0.717, 1.165) is 36.0 Å². The highest BCUT2D eigenvalue weighted by Crippen LogP contribution is 2.42. The number of carbonyl (C=O) groups is 1. The molecule has 0 aliphatic carbocycles. The number of carboxylic acids is 1. The number of anilines is 1. The minimum atomic E-state index is -0.867. The highest BCUT2D eigenvalue weighted by Gasteiger charge is 2.29. The molecule has 3 heterocycles. The average molecular weight is 284 g/mol. The lowest BCUT2D eigenvalue weighted by molar-refractivity contribution is -0.132. The van der Waals surface area contributed by atoms with Crippen molar-refractivity contribution in [2.75, 3.05) is 18.0 Å². The Hall–Kier alpha value is -2.43. The lowest BCUT2D eigenvalue weighted by atomic mass is 9.99. The molecule has 0 amide bonds. The first kappa shape index (κ1) is 12.3. The third-order valence-corrected chi connectivity index (χ3v) is 4.17. The van der Waals surface area contributed by atoms with Crippen LogP contribution in [-0.4, -0.2) is 29.1 Å². The Balaban J connectivity index is 1.78. The van der Waals surface area contributed by atoms with Crippen LogP contribution in [0.5, 0.6) is 5.75 Å². The van der Waals surface area contributed by atoms with Gasteiger partial charge in [-0.15, -0.1) is 0 Å². The van der Waals surface area contributed by atoms with E-state index in [2.05, 4.69) is 4.90 Å². The van der Waals surface area contributed by atoms with Gasteiger partial charge in [0.2, 0.25) is 5.88 Å². The lowest BCUT2D eigenvalue weighted by Gasteiger charge is -2.34. The van der Waals surface area contributed by atoms with Crippen LogP contribution in [0.3, 0.4) is 0 Å². The van der Waals surface area contributed by atoms with Gasteiger partial charge >= 0.3 is 5.97 Å². The first-order valence-electron chi connectivity index (χ1n) is 7.21. The first-order valence-corrected chi connectivity index (χ1v) is 7.21. The van der Waals surface area contributed by atoms with Crippen LogP contribution in [0.1, 0.15) is 18.4 Å². The zero-order valence-electron chi connectivity index (χ0n) is 11.6. The summed E-state index contributed by atoms with van der Waals surface area (Å²) in [5.74, 6) is 0.742. The monoisotopic (exact) mass is 284 g/mol. The largest absolute Gasteiger partial charge is 0.478 e. The molecule has 5 heteroatoms. The van der Waals surface area contributed by atoms with Gasteiger partial charge in [0.1, 0.15) is 0 Å².